The van der Waals surface area contributed by atoms with Gasteiger partial charge in [0.1, 0.15) is 0 Å². The number of likely N-dealkylation sites (N-methyl/N-ethyl adjacent to an activating group) is 1. The van der Waals surface area contributed by atoms with E-state index in [2.05, 4.69) is 60.0 Å². The van der Waals surface area contributed by atoms with Crippen molar-refractivity contribution in [2.24, 2.45) is 4.99 Å². The molecule has 0 saturated carbocycles. The molecule has 1 unspecified atom stereocenters. The number of halogens is 1. The molecule has 1 heterocycles. The summed E-state index contributed by atoms with van der Waals surface area (Å²) in [6.07, 6.45) is 0. The van der Waals surface area contributed by atoms with Crippen molar-refractivity contribution in [2.75, 3.05) is 59.5 Å². The van der Waals surface area contributed by atoms with Gasteiger partial charge in [-0.25, -0.2) is 0 Å². The molecule has 7 heteroatoms. The molecule has 0 aliphatic carbocycles. The third-order valence-corrected chi connectivity index (χ3v) is 4.56. The normalized spacial score (nSPS) is 18.8. The largest absolute Gasteiger partial charge is 0.377 e. The van der Waals surface area contributed by atoms with Crippen LogP contribution in [0.2, 0.25) is 0 Å². The maximum atomic E-state index is 5.43. The number of ether oxygens (including phenoxy) is 1. The second-order valence-corrected chi connectivity index (χ2v) is 6.86. The van der Waals surface area contributed by atoms with Crippen molar-refractivity contribution >= 4 is 29.9 Å². The topological polar surface area (TPSA) is 52.1 Å². The van der Waals surface area contributed by atoms with Crippen LogP contribution < -0.4 is 10.6 Å². The molecular formula is C17H38IN5O. The van der Waals surface area contributed by atoms with Crippen molar-refractivity contribution in [2.45, 2.75) is 46.3 Å². The van der Waals surface area contributed by atoms with Crippen LogP contribution in [0.25, 0.3) is 0 Å². The molecule has 6 nitrogen and oxygen atoms in total. The fourth-order valence-corrected chi connectivity index (χ4v) is 2.57. The number of nitrogens with one attached hydrogen (secondary N) is 2. The van der Waals surface area contributed by atoms with E-state index in [-0.39, 0.29) is 29.6 Å². The van der Waals surface area contributed by atoms with Crippen LogP contribution in [0.1, 0.15) is 34.6 Å². The molecule has 1 rings (SSSR count). The quantitative estimate of drug-likeness (QED) is 0.331. The highest BCUT2D eigenvalue weighted by molar-refractivity contribution is 14.0. The number of aliphatic imine (C=N–C) groups is 1. The Labute approximate surface area is 165 Å². The van der Waals surface area contributed by atoms with Crippen molar-refractivity contribution in [1.29, 1.82) is 0 Å². The van der Waals surface area contributed by atoms with Crippen LogP contribution in [0.5, 0.6) is 0 Å². The molecular weight excluding hydrogens is 417 g/mol. The minimum absolute atomic E-state index is 0. The highest BCUT2D eigenvalue weighted by Gasteiger charge is 2.20. The van der Waals surface area contributed by atoms with E-state index in [1.807, 2.05) is 0 Å². The molecule has 0 spiro atoms. The van der Waals surface area contributed by atoms with Crippen molar-refractivity contribution in [3.05, 3.63) is 0 Å². The van der Waals surface area contributed by atoms with E-state index in [4.69, 9.17) is 4.74 Å². The Balaban J connectivity index is 0.00000529. The average Bonchev–Trinajstić information content (AvgIpc) is 2.57. The van der Waals surface area contributed by atoms with E-state index in [1.165, 1.54) is 13.1 Å². The van der Waals surface area contributed by atoms with Crippen molar-refractivity contribution in [3.8, 4) is 0 Å². The number of methoxy groups -OCH3 is 1. The monoisotopic (exact) mass is 455 g/mol. The molecule has 0 aromatic heterocycles. The van der Waals surface area contributed by atoms with E-state index in [0.717, 1.165) is 38.7 Å². The van der Waals surface area contributed by atoms with Gasteiger partial charge in [0.2, 0.25) is 0 Å². The Kier molecular flexibility index (Phi) is 12.2. The molecule has 0 amide bonds. The first-order chi connectivity index (χ1) is 10.9. The highest BCUT2D eigenvalue weighted by atomic mass is 127. The summed E-state index contributed by atoms with van der Waals surface area (Å²) in [5, 5.41) is 6.78. The SMILES string of the molecule is CCNC(=NCC(C)(C)OC)NCC(C)N1CCN(CC)CC1.I. The van der Waals surface area contributed by atoms with Gasteiger partial charge in [-0.2, -0.15) is 0 Å². The second-order valence-electron chi connectivity index (χ2n) is 6.86. The van der Waals surface area contributed by atoms with Crippen molar-refractivity contribution < 1.29 is 4.74 Å². The Morgan fingerprint density at radius 3 is 2.29 bits per heavy atom. The summed E-state index contributed by atoms with van der Waals surface area (Å²) in [5.41, 5.74) is -0.232. The Morgan fingerprint density at radius 1 is 1.17 bits per heavy atom. The van der Waals surface area contributed by atoms with Gasteiger partial charge >= 0.3 is 0 Å². The summed E-state index contributed by atoms with van der Waals surface area (Å²) >= 11 is 0. The van der Waals surface area contributed by atoms with Crippen molar-refractivity contribution in [3.63, 3.8) is 0 Å². The van der Waals surface area contributed by atoms with Crippen LogP contribution in [0.3, 0.4) is 0 Å². The molecule has 1 aliphatic heterocycles. The molecule has 1 aliphatic rings. The summed E-state index contributed by atoms with van der Waals surface area (Å²) in [7, 11) is 1.73. The summed E-state index contributed by atoms with van der Waals surface area (Å²) in [4.78, 5) is 9.71. The van der Waals surface area contributed by atoms with Crippen LogP contribution in [0.15, 0.2) is 4.99 Å². The minimum Gasteiger partial charge on any atom is -0.377 e. The molecule has 1 fully saturated rings. The zero-order valence-electron chi connectivity index (χ0n) is 16.4. The molecule has 0 aromatic carbocycles. The Hall–Kier alpha value is -0.120. The second kappa shape index (κ2) is 12.3. The van der Waals surface area contributed by atoms with Gasteiger partial charge in [0.25, 0.3) is 0 Å². The number of guanidine groups is 1. The first-order valence-corrected chi connectivity index (χ1v) is 8.95. The van der Waals surface area contributed by atoms with Crippen molar-refractivity contribution in [1.82, 2.24) is 20.4 Å². The molecule has 1 atom stereocenters. The molecule has 0 bridgehead atoms. The van der Waals surface area contributed by atoms with Gasteiger partial charge in [-0.3, -0.25) is 9.89 Å². The number of piperazine rings is 1. The van der Waals surface area contributed by atoms with Gasteiger partial charge < -0.3 is 20.3 Å². The third kappa shape index (κ3) is 8.82. The maximum absolute atomic E-state index is 5.43. The van der Waals surface area contributed by atoms with Crippen LogP contribution in [0, 0.1) is 0 Å². The Morgan fingerprint density at radius 2 is 1.79 bits per heavy atom. The van der Waals surface area contributed by atoms with Crippen LogP contribution in [0.4, 0.5) is 0 Å². The van der Waals surface area contributed by atoms with E-state index >= 15 is 0 Å². The van der Waals surface area contributed by atoms with Gasteiger partial charge in [-0.1, -0.05) is 6.92 Å². The summed E-state index contributed by atoms with van der Waals surface area (Å²) in [5.74, 6) is 0.872. The smallest absolute Gasteiger partial charge is 0.191 e. The first-order valence-electron chi connectivity index (χ1n) is 8.95. The zero-order chi connectivity index (χ0) is 17.3. The number of nitrogens with zero attached hydrogens (tertiary/aromatic N) is 3. The molecule has 1 saturated heterocycles. The van der Waals surface area contributed by atoms with Gasteiger partial charge in [-0.15, -0.1) is 24.0 Å². The summed E-state index contributed by atoms with van der Waals surface area (Å²) < 4.78 is 5.43. The first kappa shape index (κ1) is 23.9. The number of hydrogen-bond donors (Lipinski definition) is 2. The summed E-state index contributed by atoms with van der Waals surface area (Å²) in [6.45, 7) is 19.0. The Bertz CT molecular complexity index is 357. The van der Waals surface area contributed by atoms with Gasteiger partial charge in [0.15, 0.2) is 5.96 Å². The van der Waals surface area contributed by atoms with E-state index < -0.39 is 0 Å². The lowest BCUT2D eigenvalue weighted by atomic mass is 10.1. The van der Waals surface area contributed by atoms with E-state index in [9.17, 15) is 0 Å². The van der Waals surface area contributed by atoms with Gasteiger partial charge in [0.05, 0.1) is 12.1 Å². The fourth-order valence-electron chi connectivity index (χ4n) is 2.57. The minimum atomic E-state index is -0.232. The van der Waals surface area contributed by atoms with Crippen LogP contribution in [-0.2, 0) is 4.74 Å². The zero-order valence-corrected chi connectivity index (χ0v) is 18.7. The van der Waals surface area contributed by atoms with Crippen LogP contribution in [-0.4, -0.2) is 86.9 Å². The lowest BCUT2D eigenvalue weighted by molar-refractivity contribution is 0.0310. The van der Waals surface area contributed by atoms with Gasteiger partial charge in [0, 0.05) is 52.4 Å². The molecule has 0 radical (unpaired) electrons. The average molecular weight is 455 g/mol. The number of hydrogen-bond acceptors (Lipinski definition) is 4. The van der Waals surface area contributed by atoms with Gasteiger partial charge in [-0.05, 0) is 34.2 Å². The standard InChI is InChI=1S/C17H37N5O.HI/c1-7-18-16(20-14-17(4,5)23-6)19-13-15(3)22-11-9-21(8-2)10-12-22;/h15H,7-14H2,1-6H3,(H2,18,19,20);1H. The highest BCUT2D eigenvalue weighted by Crippen LogP contribution is 2.07. The third-order valence-electron chi connectivity index (χ3n) is 4.56. The van der Waals surface area contributed by atoms with Crippen LogP contribution >= 0.6 is 24.0 Å². The molecule has 0 aromatic rings. The number of rotatable bonds is 8. The predicted molar refractivity (Wildman–Crippen MR) is 114 cm³/mol. The fraction of sp³-hybridized carbons (Fsp3) is 0.941. The molecule has 24 heavy (non-hydrogen) atoms. The lowest BCUT2D eigenvalue weighted by Crippen LogP contribution is -2.53. The predicted octanol–water partition coefficient (Wildman–Crippen LogP) is 1.61. The maximum Gasteiger partial charge on any atom is 0.191 e. The summed E-state index contributed by atoms with van der Waals surface area (Å²) in [6, 6.07) is 0.508. The molecule has 144 valence electrons. The van der Waals surface area contributed by atoms with E-state index in [1.54, 1.807) is 7.11 Å². The van der Waals surface area contributed by atoms with E-state index in [0.29, 0.717) is 12.6 Å². The molecule has 2 N–H and O–H groups in total. The lowest BCUT2D eigenvalue weighted by Gasteiger charge is -2.37.